The van der Waals surface area contributed by atoms with E-state index >= 15 is 0 Å². The van der Waals surface area contributed by atoms with Crippen molar-refractivity contribution in [3.05, 3.63) is 11.2 Å². The van der Waals surface area contributed by atoms with Crippen LogP contribution in [0.15, 0.2) is 10.4 Å². The summed E-state index contributed by atoms with van der Waals surface area (Å²) in [7, 11) is -3.38. The summed E-state index contributed by atoms with van der Waals surface area (Å²) >= 11 is 1.25. The van der Waals surface area contributed by atoms with Crippen LogP contribution in [-0.2, 0) is 10.0 Å². The highest BCUT2D eigenvalue weighted by atomic mass is 32.2. The number of sulfonamides is 1. The lowest BCUT2D eigenvalue weighted by molar-refractivity contribution is 0.336. The summed E-state index contributed by atoms with van der Waals surface area (Å²) in [5.74, 6) is 0. The smallest absolute Gasteiger partial charge is 0.254 e. The van der Waals surface area contributed by atoms with Gasteiger partial charge in [0, 0.05) is 19.1 Å². The second-order valence-electron chi connectivity index (χ2n) is 4.46. The van der Waals surface area contributed by atoms with Gasteiger partial charge in [-0.05, 0) is 26.3 Å². The molecule has 0 saturated carbocycles. The Bertz CT molecular complexity index is 492. The normalized spacial score (nSPS) is 20.7. The van der Waals surface area contributed by atoms with E-state index in [9.17, 15) is 8.42 Å². The summed E-state index contributed by atoms with van der Waals surface area (Å²) in [6.45, 7) is 6.04. The Morgan fingerprint density at radius 3 is 2.89 bits per heavy atom. The molecule has 0 aliphatic carbocycles. The highest BCUT2D eigenvalue weighted by Crippen LogP contribution is 2.25. The van der Waals surface area contributed by atoms with Crippen LogP contribution in [0.25, 0.3) is 0 Å². The van der Waals surface area contributed by atoms with Crippen molar-refractivity contribution < 1.29 is 8.42 Å². The molecule has 1 aromatic rings. The van der Waals surface area contributed by atoms with Gasteiger partial charge in [-0.1, -0.05) is 6.92 Å². The van der Waals surface area contributed by atoms with Gasteiger partial charge < -0.3 is 5.32 Å². The molecule has 0 bridgehead atoms. The summed E-state index contributed by atoms with van der Waals surface area (Å²) < 4.78 is 27.2. The Morgan fingerprint density at radius 1 is 1.61 bits per heavy atom. The highest BCUT2D eigenvalue weighted by molar-refractivity contribution is 7.91. The zero-order valence-corrected chi connectivity index (χ0v) is 12.4. The molecule has 1 aromatic heterocycles. The fourth-order valence-corrected chi connectivity index (χ4v) is 5.17. The minimum Gasteiger partial charge on any atom is -0.315 e. The van der Waals surface area contributed by atoms with Crippen LogP contribution in [0.2, 0.25) is 0 Å². The van der Waals surface area contributed by atoms with Crippen LogP contribution in [0.5, 0.6) is 0 Å². The first-order valence-corrected chi connectivity index (χ1v) is 8.46. The zero-order valence-electron chi connectivity index (χ0n) is 10.7. The highest BCUT2D eigenvalue weighted by Gasteiger charge is 2.33. The lowest BCUT2D eigenvalue weighted by atomic mass is 10.2. The van der Waals surface area contributed by atoms with Crippen molar-refractivity contribution in [2.24, 2.45) is 0 Å². The fourth-order valence-electron chi connectivity index (χ4n) is 2.18. The molecule has 2 heterocycles. The van der Waals surface area contributed by atoms with Gasteiger partial charge in [0.25, 0.3) is 10.0 Å². The van der Waals surface area contributed by atoms with Gasteiger partial charge in [-0.2, -0.15) is 4.31 Å². The predicted octanol–water partition coefficient (Wildman–Crippen LogP) is 1.21. The Balaban J connectivity index is 2.28. The van der Waals surface area contributed by atoms with Gasteiger partial charge in [0.2, 0.25) is 0 Å². The van der Waals surface area contributed by atoms with E-state index in [4.69, 9.17) is 0 Å². The minimum atomic E-state index is -3.38. The van der Waals surface area contributed by atoms with Gasteiger partial charge in [-0.3, -0.25) is 0 Å². The molecular formula is C11H19N3O2S2. The van der Waals surface area contributed by atoms with E-state index in [0.717, 1.165) is 30.9 Å². The van der Waals surface area contributed by atoms with Gasteiger partial charge in [0.15, 0.2) is 4.21 Å². The van der Waals surface area contributed by atoms with Crippen molar-refractivity contribution in [3.63, 3.8) is 0 Å². The van der Waals surface area contributed by atoms with E-state index in [1.165, 1.54) is 17.5 Å². The SMILES string of the molecule is CCCN(C1CCNC1)S(=O)(=O)c1cnc(C)s1. The van der Waals surface area contributed by atoms with E-state index in [2.05, 4.69) is 10.3 Å². The average molecular weight is 289 g/mol. The predicted molar refractivity (Wildman–Crippen MR) is 72.3 cm³/mol. The molecule has 5 nitrogen and oxygen atoms in total. The number of hydrogen-bond donors (Lipinski definition) is 1. The molecule has 1 aliphatic heterocycles. The topological polar surface area (TPSA) is 62.3 Å². The monoisotopic (exact) mass is 289 g/mol. The van der Waals surface area contributed by atoms with Gasteiger partial charge in [-0.25, -0.2) is 13.4 Å². The Labute approximate surface area is 112 Å². The van der Waals surface area contributed by atoms with Gasteiger partial charge in [0.1, 0.15) is 0 Å². The number of aryl methyl sites for hydroxylation is 1. The van der Waals surface area contributed by atoms with Crippen LogP contribution in [0, 0.1) is 6.92 Å². The van der Waals surface area contributed by atoms with Crippen LogP contribution < -0.4 is 5.32 Å². The molecule has 102 valence electrons. The number of hydrogen-bond acceptors (Lipinski definition) is 5. The molecule has 1 N–H and O–H groups in total. The minimum absolute atomic E-state index is 0.0809. The maximum Gasteiger partial charge on any atom is 0.254 e. The van der Waals surface area contributed by atoms with Crippen LogP contribution in [-0.4, -0.2) is 43.4 Å². The Morgan fingerprint density at radius 2 is 2.39 bits per heavy atom. The molecule has 7 heteroatoms. The third-order valence-electron chi connectivity index (χ3n) is 3.05. The molecule has 0 amide bonds. The molecule has 18 heavy (non-hydrogen) atoms. The third kappa shape index (κ3) is 2.74. The van der Waals surface area contributed by atoms with Crippen LogP contribution in [0.1, 0.15) is 24.8 Å². The quantitative estimate of drug-likeness (QED) is 0.885. The van der Waals surface area contributed by atoms with Crippen LogP contribution in [0.3, 0.4) is 0 Å². The Kier molecular flexibility index (Phi) is 4.37. The van der Waals surface area contributed by atoms with Crippen molar-refractivity contribution in [3.8, 4) is 0 Å². The first-order valence-electron chi connectivity index (χ1n) is 6.20. The first kappa shape index (κ1) is 13.9. The third-order valence-corrected chi connectivity index (χ3v) is 6.35. The molecule has 2 rings (SSSR count). The second kappa shape index (κ2) is 5.64. The van der Waals surface area contributed by atoms with E-state index < -0.39 is 10.0 Å². The summed E-state index contributed by atoms with van der Waals surface area (Å²) in [4.78, 5) is 4.05. The second-order valence-corrected chi connectivity index (χ2v) is 7.81. The standard InChI is InChI=1S/C11H19N3O2S2/c1-3-6-14(10-4-5-12-7-10)18(15,16)11-8-13-9(2)17-11/h8,10,12H,3-7H2,1-2H3. The van der Waals surface area contributed by atoms with Gasteiger partial charge >= 0.3 is 0 Å². The maximum atomic E-state index is 12.6. The molecule has 1 saturated heterocycles. The average Bonchev–Trinajstić information content (AvgIpc) is 2.96. The zero-order chi connectivity index (χ0) is 13.2. The molecule has 1 fully saturated rings. The summed E-state index contributed by atoms with van der Waals surface area (Å²) in [6, 6.07) is 0.0809. The van der Waals surface area contributed by atoms with Crippen molar-refractivity contribution in [2.45, 2.75) is 36.9 Å². The molecule has 1 atom stereocenters. The Hall–Kier alpha value is -0.500. The van der Waals surface area contributed by atoms with Gasteiger partial charge in [-0.15, -0.1) is 11.3 Å². The lowest BCUT2D eigenvalue weighted by Crippen LogP contribution is -2.41. The van der Waals surface area contributed by atoms with Crippen molar-refractivity contribution >= 4 is 21.4 Å². The van der Waals surface area contributed by atoms with Crippen molar-refractivity contribution in [1.29, 1.82) is 0 Å². The largest absolute Gasteiger partial charge is 0.315 e. The van der Waals surface area contributed by atoms with Crippen LogP contribution in [0.4, 0.5) is 0 Å². The number of rotatable bonds is 5. The van der Waals surface area contributed by atoms with E-state index in [-0.39, 0.29) is 6.04 Å². The van der Waals surface area contributed by atoms with Crippen molar-refractivity contribution in [1.82, 2.24) is 14.6 Å². The molecular weight excluding hydrogens is 270 g/mol. The maximum absolute atomic E-state index is 12.6. The van der Waals surface area contributed by atoms with E-state index in [1.807, 2.05) is 13.8 Å². The molecule has 1 unspecified atom stereocenters. The lowest BCUT2D eigenvalue weighted by Gasteiger charge is -2.26. The first-order chi connectivity index (χ1) is 8.55. The summed E-state index contributed by atoms with van der Waals surface area (Å²) in [5, 5.41) is 4.01. The van der Waals surface area contributed by atoms with E-state index in [0.29, 0.717) is 10.8 Å². The molecule has 0 radical (unpaired) electrons. The van der Waals surface area contributed by atoms with Gasteiger partial charge in [0.05, 0.1) is 11.2 Å². The molecule has 0 spiro atoms. The number of aromatic nitrogens is 1. The summed E-state index contributed by atoms with van der Waals surface area (Å²) in [5.41, 5.74) is 0. The number of thiazole rings is 1. The van der Waals surface area contributed by atoms with Crippen molar-refractivity contribution in [2.75, 3.05) is 19.6 Å². The number of nitrogens with zero attached hydrogens (tertiary/aromatic N) is 2. The van der Waals surface area contributed by atoms with E-state index in [1.54, 1.807) is 4.31 Å². The summed E-state index contributed by atoms with van der Waals surface area (Å²) in [6.07, 6.45) is 3.19. The number of nitrogens with one attached hydrogen (secondary N) is 1. The molecule has 1 aliphatic rings. The van der Waals surface area contributed by atoms with Crippen LogP contribution >= 0.6 is 11.3 Å². The fraction of sp³-hybridized carbons (Fsp3) is 0.727. The molecule has 0 aromatic carbocycles.